The Hall–Kier alpha value is -5.38. The number of fused-ring (bicyclic) bond motifs is 3. The Morgan fingerprint density at radius 1 is 0.755 bits per heavy atom. The molecular weight excluding hydrogens is 761 g/mol. The van der Waals surface area contributed by atoms with Gasteiger partial charge >= 0.3 is 36.4 Å². The summed E-state index contributed by atoms with van der Waals surface area (Å²) < 4.78 is 101. The highest BCUT2D eigenvalue weighted by Gasteiger charge is 2.39. The number of hydrogen-bond acceptors (Lipinski definition) is 7. The third-order valence-electron chi connectivity index (χ3n) is 7.01. The number of rotatable bonds is 5. The Kier molecular flexibility index (Phi) is 13.1. The second-order valence-electron chi connectivity index (χ2n) is 11.0. The summed E-state index contributed by atoms with van der Waals surface area (Å²) in [6, 6.07) is 14.8. The van der Waals surface area contributed by atoms with E-state index in [1.165, 1.54) is 30.6 Å². The molecule has 23 heteroatoms. The number of carboxylic acids is 3. The van der Waals surface area contributed by atoms with E-state index in [9.17, 15) is 39.5 Å². The van der Waals surface area contributed by atoms with Crippen molar-refractivity contribution in [2.45, 2.75) is 45.0 Å². The largest absolute Gasteiger partial charge is 0.490 e. The maximum Gasteiger partial charge on any atom is 0.490 e. The predicted molar refractivity (Wildman–Crippen MR) is 167 cm³/mol. The number of alkyl halides is 9. The van der Waals surface area contributed by atoms with E-state index in [0.717, 1.165) is 45.5 Å². The van der Waals surface area contributed by atoms with E-state index in [1.807, 2.05) is 37.0 Å². The molecule has 53 heavy (non-hydrogen) atoms. The number of carboxylic acid groups (broad SMARTS) is 3. The van der Waals surface area contributed by atoms with Gasteiger partial charge in [-0.1, -0.05) is 17.7 Å². The molecule has 1 aliphatic heterocycles. The van der Waals surface area contributed by atoms with Crippen molar-refractivity contribution in [1.82, 2.24) is 33.8 Å². The minimum atomic E-state index is -5.08. The Labute approximate surface area is 296 Å². The molecule has 0 bridgehead atoms. The lowest BCUT2D eigenvalue weighted by Crippen LogP contribution is -2.36. The zero-order valence-corrected chi connectivity index (χ0v) is 27.9. The zero-order valence-electron chi connectivity index (χ0n) is 27.1. The highest BCUT2D eigenvalue weighted by atomic mass is 35.5. The van der Waals surface area contributed by atoms with Crippen LogP contribution < -0.4 is 0 Å². The summed E-state index contributed by atoms with van der Waals surface area (Å²) in [6.45, 7) is 5.98. The van der Waals surface area contributed by atoms with Crippen LogP contribution in [0.25, 0.3) is 28.1 Å². The number of aliphatic carboxylic acids is 3. The van der Waals surface area contributed by atoms with Gasteiger partial charge in [-0.25, -0.2) is 14.4 Å². The van der Waals surface area contributed by atoms with Crippen molar-refractivity contribution in [3.63, 3.8) is 0 Å². The third-order valence-corrected chi connectivity index (χ3v) is 7.23. The number of benzene rings is 1. The van der Waals surface area contributed by atoms with Crippen LogP contribution in [0.15, 0.2) is 48.7 Å². The van der Waals surface area contributed by atoms with Gasteiger partial charge in [0.05, 0.1) is 16.7 Å². The van der Waals surface area contributed by atoms with Crippen molar-refractivity contribution >= 4 is 46.2 Å². The highest BCUT2D eigenvalue weighted by molar-refractivity contribution is 6.30. The molecule has 1 saturated heterocycles. The van der Waals surface area contributed by atoms with Gasteiger partial charge in [-0.05, 0) is 74.0 Å². The molecule has 4 aromatic heterocycles. The third kappa shape index (κ3) is 11.6. The summed E-state index contributed by atoms with van der Waals surface area (Å²) >= 11 is 6.53. The molecule has 13 nitrogen and oxygen atoms in total. The van der Waals surface area contributed by atoms with Crippen LogP contribution >= 0.6 is 11.6 Å². The van der Waals surface area contributed by atoms with Crippen LogP contribution in [0.4, 0.5) is 39.5 Å². The maximum atomic E-state index is 10.6. The fourth-order valence-electron chi connectivity index (χ4n) is 4.66. The summed E-state index contributed by atoms with van der Waals surface area (Å²) in [5, 5.41) is 35.4. The van der Waals surface area contributed by atoms with E-state index in [1.54, 1.807) is 0 Å². The van der Waals surface area contributed by atoms with Gasteiger partial charge in [-0.2, -0.15) is 44.6 Å². The number of likely N-dealkylation sites (tertiary alicyclic amines) is 1. The minimum absolute atomic E-state index is 0.704. The molecule has 0 aliphatic carbocycles. The van der Waals surface area contributed by atoms with Gasteiger partial charge in [-0.3, -0.25) is 14.0 Å². The second kappa shape index (κ2) is 16.5. The molecule has 0 radical (unpaired) electrons. The number of nitrogens with zero attached hydrogens (tertiary/aromatic N) is 7. The van der Waals surface area contributed by atoms with E-state index >= 15 is 0 Å². The molecule has 288 valence electrons. The van der Waals surface area contributed by atoms with E-state index in [4.69, 9.17) is 41.3 Å². The number of carbonyl (C=O) groups is 3. The van der Waals surface area contributed by atoms with Crippen LogP contribution in [-0.4, -0.2) is 98.7 Å². The van der Waals surface area contributed by atoms with Crippen LogP contribution in [0, 0.1) is 6.92 Å². The Bertz CT molecular complexity index is 2030. The fraction of sp³-hybridized carbons (Fsp3) is 0.333. The molecule has 0 unspecified atom stereocenters. The molecular formula is C30H27ClF9N7O6. The lowest BCUT2D eigenvalue weighted by molar-refractivity contribution is -0.193. The monoisotopic (exact) mass is 787 g/mol. The van der Waals surface area contributed by atoms with E-state index in [2.05, 4.69) is 59.5 Å². The van der Waals surface area contributed by atoms with E-state index in [0.29, 0.717) is 6.54 Å². The van der Waals surface area contributed by atoms with Crippen LogP contribution in [0.1, 0.15) is 23.4 Å². The fourth-order valence-corrected chi connectivity index (χ4v) is 4.94. The molecule has 5 aromatic rings. The number of halogens is 10. The van der Waals surface area contributed by atoms with Gasteiger partial charge in [0.25, 0.3) is 0 Å². The number of pyridine rings is 1. The summed E-state index contributed by atoms with van der Waals surface area (Å²) in [4.78, 5) is 29.1. The Balaban J connectivity index is 0.000000296. The lowest BCUT2D eigenvalue weighted by Gasteiger charge is -2.30. The maximum absolute atomic E-state index is 10.6. The summed E-state index contributed by atoms with van der Waals surface area (Å²) in [5.41, 5.74) is 7.48. The van der Waals surface area contributed by atoms with Crippen LogP contribution in [-0.2, 0) is 34.5 Å². The minimum Gasteiger partial charge on any atom is -0.475 e. The molecule has 3 N–H and O–H groups in total. The molecule has 0 spiro atoms. The molecule has 0 saturated carbocycles. The molecule has 1 aromatic carbocycles. The van der Waals surface area contributed by atoms with Crippen molar-refractivity contribution < 1.29 is 69.2 Å². The summed E-state index contributed by atoms with van der Waals surface area (Å²) in [5.74, 6) is -7.40. The predicted octanol–water partition coefficient (Wildman–Crippen LogP) is 6.20. The molecule has 6 rings (SSSR count). The average Bonchev–Trinajstić information content (AvgIpc) is 3.71. The number of hydrogen-bond donors (Lipinski definition) is 3. The first-order chi connectivity index (χ1) is 24.4. The lowest BCUT2D eigenvalue weighted by atomic mass is 10.1. The SMILES string of the molecule is Cc1nnc2ccc3c(cc(-c4ccn(C)n4)n3Cc3cc(Cl)cc(CN4CCC4)c3)n12.O=C(O)C(F)(F)F.O=C(O)C(F)(F)F.O=C(O)C(F)(F)F. The first-order valence-electron chi connectivity index (χ1n) is 14.6. The standard InChI is InChI=1S/C24H24ClN7.3C2HF3O2/c1-16-26-27-24-5-4-21-23(32(16)24)13-22(20-6-9-29(2)28-20)31(21)15-18-10-17(11-19(25)12-18)14-30-7-3-8-30;3*3-2(4,5)1(6)7/h4-6,9-13H,3,7-8,14-15H2,1-2H3;3*(H,6,7). The van der Waals surface area contributed by atoms with Crippen molar-refractivity contribution in [2.75, 3.05) is 13.1 Å². The van der Waals surface area contributed by atoms with Crippen molar-refractivity contribution in [1.29, 1.82) is 0 Å². The Morgan fingerprint density at radius 2 is 1.26 bits per heavy atom. The van der Waals surface area contributed by atoms with Crippen molar-refractivity contribution in [3.8, 4) is 11.4 Å². The molecule has 5 heterocycles. The Morgan fingerprint density at radius 3 is 1.70 bits per heavy atom. The van der Waals surface area contributed by atoms with Crippen molar-refractivity contribution in [3.05, 3.63) is 70.6 Å². The summed E-state index contributed by atoms with van der Waals surface area (Å²) in [7, 11) is 1.94. The average molecular weight is 788 g/mol. The van der Waals surface area contributed by atoms with Crippen LogP contribution in [0.2, 0.25) is 5.02 Å². The first-order valence-corrected chi connectivity index (χ1v) is 15.0. The smallest absolute Gasteiger partial charge is 0.475 e. The van der Waals surface area contributed by atoms with Gasteiger partial charge in [-0.15, -0.1) is 10.2 Å². The number of aromatic nitrogens is 6. The topological polar surface area (TPSA) is 168 Å². The molecule has 1 aliphatic rings. The van der Waals surface area contributed by atoms with E-state index in [-0.39, 0.29) is 0 Å². The zero-order chi connectivity index (χ0) is 40.1. The van der Waals surface area contributed by atoms with Gasteiger partial charge in [0.2, 0.25) is 0 Å². The van der Waals surface area contributed by atoms with Gasteiger partial charge < -0.3 is 19.9 Å². The van der Waals surface area contributed by atoms with Crippen LogP contribution in [0.3, 0.4) is 0 Å². The van der Waals surface area contributed by atoms with Crippen molar-refractivity contribution in [2.24, 2.45) is 7.05 Å². The molecule has 0 amide bonds. The van der Waals surface area contributed by atoms with Gasteiger partial charge in [0, 0.05) is 31.4 Å². The quantitative estimate of drug-likeness (QED) is 0.175. The molecule has 0 atom stereocenters. The number of aryl methyl sites for hydroxylation is 2. The van der Waals surface area contributed by atoms with Crippen LogP contribution in [0.5, 0.6) is 0 Å². The van der Waals surface area contributed by atoms with E-state index < -0.39 is 36.4 Å². The normalized spacial score (nSPS) is 13.2. The first kappa shape index (κ1) is 42.0. The van der Waals surface area contributed by atoms with Gasteiger partial charge in [0.15, 0.2) is 5.65 Å². The summed E-state index contributed by atoms with van der Waals surface area (Å²) in [6.07, 6.45) is -12.0. The highest BCUT2D eigenvalue weighted by Crippen LogP contribution is 2.30. The molecule has 1 fully saturated rings. The van der Waals surface area contributed by atoms with Gasteiger partial charge in [0.1, 0.15) is 11.5 Å². The second-order valence-corrected chi connectivity index (χ2v) is 11.5.